The SMILES string of the molecule is CNC(=O)Nc1cnn(C)c1-c1cc(OC2CN(C(=O)N3N=CC[C@H]3c3cc(F)cc(F)c3)C2)c(F)cn1. The number of ether oxygens (including phenoxy) is 1. The number of urea groups is 2. The Bertz CT molecular complexity index is 1400. The number of aromatic nitrogens is 3. The van der Waals surface area contributed by atoms with Crippen molar-refractivity contribution < 1.29 is 27.5 Å². The van der Waals surface area contributed by atoms with Crippen LogP contribution < -0.4 is 15.4 Å². The lowest BCUT2D eigenvalue weighted by Gasteiger charge is -2.41. The molecule has 1 saturated heterocycles. The number of amides is 4. The number of anilines is 1. The van der Waals surface area contributed by atoms with E-state index in [-0.39, 0.29) is 18.8 Å². The van der Waals surface area contributed by atoms with Gasteiger partial charge >= 0.3 is 12.1 Å². The molecule has 0 unspecified atom stereocenters. The zero-order valence-corrected chi connectivity index (χ0v) is 20.4. The smallest absolute Gasteiger partial charge is 0.341 e. The number of rotatable bonds is 5. The topological polar surface area (TPSA) is 117 Å². The molecule has 2 aromatic heterocycles. The van der Waals surface area contributed by atoms with E-state index >= 15 is 0 Å². The van der Waals surface area contributed by atoms with Crippen LogP contribution in [-0.4, -0.2) is 69.2 Å². The summed E-state index contributed by atoms with van der Waals surface area (Å²) in [5.74, 6) is -2.25. The van der Waals surface area contributed by atoms with Gasteiger partial charge in [-0.3, -0.25) is 9.67 Å². The molecule has 198 valence electrons. The Hall–Kier alpha value is -4.62. The van der Waals surface area contributed by atoms with Crippen LogP contribution in [0.15, 0.2) is 41.8 Å². The van der Waals surface area contributed by atoms with Crippen LogP contribution in [0.4, 0.5) is 28.4 Å². The van der Waals surface area contributed by atoms with E-state index in [2.05, 4.69) is 25.8 Å². The van der Waals surface area contributed by atoms with Gasteiger partial charge in [-0.1, -0.05) is 0 Å². The van der Waals surface area contributed by atoms with Crippen molar-refractivity contribution in [3.8, 4) is 17.1 Å². The van der Waals surface area contributed by atoms with Crippen LogP contribution >= 0.6 is 0 Å². The molecule has 0 bridgehead atoms. The third kappa shape index (κ3) is 4.84. The number of hydrazone groups is 1. The van der Waals surface area contributed by atoms with Crippen LogP contribution in [0.5, 0.6) is 5.75 Å². The highest BCUT2D eigenvalue weighted by molar-refractivity contribution is 5.93. The fourth-order valence-corrected chi connectivity index (χ4v) is 4.29. The number of halogens is 3. The summed E-state index contributed by atoms with van der Waals surface area (Å²) in [6.45, 7) is 0.308. The minimum absolute atomic E-state index is 0.0773. The molecular formula is C24H23F3N8O3. The van der Waals surface area contributed by atoms with Gasteiger partial charge in [0.2, 0.25) is 0 Å². The van der Waals surface area contributed by atoms with Gasteiger partial charge in [0.1, 0.15) is 23.4 Å². The first-order valence-corrected chi connectivity index (χ1v) is 11.6. The number of nitrogens with one attached hydrogen (secondary N) is 2. The fourth-order valence-electron chi connectivity index (χ4n) is 4.29. The third-order valence-corrected chi connectivity index (χ3v) is 6.18. The summed E-state index contributed by atoms with van der Waals surface area (Å²) in [4.78, 5) is 30.3. The van der Waals surface area contributed by atoms with Gasteiger partial charge in [0, 0.05) is 38.9 Å². The van der Waals surface area contributed by atoms with Gasteiger partial charge in [0.15, 0.2) is 11.6 Å². The van der Waals surface area contributed by atoms with Crippen molar-refractivity contribution in [3.05, 3.63) is 59.7 Å². The number of hydrogen-bond acceptors (Lipinski definition) is 6. The minimum Gasteiger partial charge on any atom is -0.483 e. The Kier molecular flexibility index (Phi) is 6.61. The van der Waals surface area contributed by atoms with Gasteiger partial charge in [-0.2, -0.15) is 10.2 Å². The van der Waals surface area contributed by atoms with E-state index in [0.29, 0.717) is 29.1 Å². The van der Waals surface area contributed by atoms with E-state index < -0.39 is 41.7 Å². The quantitative estimate of drug-likeness (QED) is 0.527. The number of benzene rings is 1. The van der Waals surface area contributed by atoms with Crippen molar-refractivity contribution in [2.45, 2.75) is 18.6 Å². The maximum Gasteiger partial charge on any atom is 0.341 e. The zero-order valence-electron chi connectivity index (χ0n) is 20.4. The van der Waals surface area contributed by atoms with Crippen LogP contribution in [0, 0.1) is 17.5 Å². The highest BCUT2D eigenvalue weighted by Gasteiger charge is 2.39. The van der Waals surface area contributed by atoms with Crippen molar-refractivity contribution in [2.24, 2.45) is 12.1 Å². The molecule has 2 N–H and O–H groups in total. The monoisotopic (exact) mass is 528 g/mol. The Labute approximate surface area is 214 Å². The van der Waals surface area contributed by atoms with Gasteiger partial charge < -0.3 is 20.3 Å². The summed E-state index contributed by atoms with van der Waals surface area (Å²) in [5, 5.41) is 14.5. The molecule has 1 atom stereocenters. The summed E-state index contributed by atoms with van der Waals surface area (Å²) < 4.78 is 49.2. The number of aryl methyl sites for hydroxylation is 1. The van der Waals surface area contributed by atoms with Crippen LogP contribution in [-0.2, 0) is 7.05 Å². The number of carbonyl (C=O) groups excluding carboxylic acids is 2. The molecule has 0 radical (unpaired) electrons. The predicted octanol–water partition coefficient (Wildman–Crippen LogP) is 3.27. The fraction of sp³-hybridized carbons (Fsp3) is 0.292. The third-order valence-electron chi connectivity index (χ3n) is 6.18. The van der Waals surface area contributed by atoms with Gasteiger partial charge in [0.05, 0.1) is 42.9 Å². The van der Waals surface area contributed by atoms with Crippen molar-refractivity contribution in [1.82, 2.24) is 30.0 Å². The van der Waals surface area contributed by atoms with Crippen LogP contribution in [0.1, 0.15) is 18.0 Å². The number of pyridine rings is 1. The zero-order chi connectivity index (χ0) is 27.0. The van der Waals surface area contributed by atoms with E-state index in [0.717, 1.165) is 12.3 Å². The van der Waals surface area contributed by atoms with Gasteiger partial charge in [-0.05, 0) is 17.7 Å². The lowest BCUT2D eigenvalue weighted by atomic mass is 10.0. The highest BCUT2D eigenvalue weighted by Crippen LogP contribution is 2.33. The first-order valence-electron chi connectivity index (χ1n) is 11.6. The average molecular weight is 528 g/mol. The van der Waals surface area contributed by atoms with Crippen molar-refractivity contribution in [1.29, 1.82) is 0 Å². The van der Waals surface area contributed by atoms with Crippen molar-refractivity contribution in [2.75, 3.05) is 25.5 Å². The van der Waals surface area contributed by atoms with E-state index in [1.54, 1.807) is 7.05 Å². The summed E-state index contributed by atoms with van der Waals surface area (Å²) in [6, 6.07) is 2.96. The molecule has 4 heterocycles. The van der Waals surface area contributed by atoms with Crippen LogP contribution in [0.2, 0.25) is 0 Å². The second-order valence-corrected chi connectivity index (χ2v) is 8.76. The largest absolute Gasteiger partial charge is 0.483 e. The molecule has 4 amide bonds. The second kappa shape index (κ2) is 10.0. The van der Waals surface area contributed by atoms with Crippen molar-refractivity contribution >= 4 is 24.0 Å². The Morgan fingerprint density at radius 2 is 1.82 bits per heavy atom. The van der Waals surface area contributed by atoms with Gasteiger partial charge in [0.25, 0.3) is 0 Å². The van der Waals surface area contributed by atoms with E-state index in [1.807, 2.05) is 0 Å². The molecule has 14 heteroatoms. The van der Waals surface area contributed by atoms with Crippen LogP contribution in [0.25, 0.3) is 11.4 Å². The molecule has 1 aromatic carbocycles. The molecule has 0 saturated carbocycles. The molecule has 1 fully saturated rings. The van der Waals surface area contributed by atoms with E-state index in [4.69, 9.17) is 4.74 Å². The number of nitrogens with zero attached hydrogens (tertiary/aromatic N) is 6. The lowest BCUT2D eigenvalue weighted by molar-refractivity contribution is 0.0256. The van der Waals surface area contributed by atoms with Gasteiger partial charge in [-0.15, -0.1) is 0 Å². The van der Waals surface area contributed by atoms with Crippen molar-refractivity contribution in [3.63, 3.8) is 0 Å². The number of carbonyl (C=O) groups is 2. The molecule has 2 aliphatic heterocycles. The van der Waals surface area contributed by atoms with Crippen LogP contribution in [0.3, 0.4) is 0 Å². The Balaban J connectivity index is 1.25. The van der Waals surface area contributed by atoms with E-state index in [1.165, 1.54) is 52.2 Å². The first kappa shape index (κ1) is 25.0. The summed E-state index contributed by atoms with van der Waals surface area (Å²) in [7, 11) is 3.12. The first-order chi connectivity index (χ1) is 18.2. The van der Waals surface area contributed by atoms with E-state index in [9.17, 15) is 22.8 Å². The number of hydrogen-bond donors (Lipinski definition) is 2. The Morgan fingerprint density at radius 1 is 1.08 bits per heavy atom. The highest BCUT2D eigenvalue weighted by atomic mass is 19.1. The summed E-state index contributed by atoms with van der Waals surface area (Å²) in [6.07, 6.45) is 3.77. The molecule has 2 aliphatic rings. The molecule has 0 spiro atoms. The molecule has 3 aromatic rings. The molecular weight excluding hydrogens is 505 g/mol. The molecule has 11 nitrogen and oxygen atoms in total. The predicted molar refractivity (Wildman–Crippen MR) is 130 cm³/mol. The lowest BCUT2D eigenvalue weighted by Crippen LogP contribution is -2.58. The molecule has 5 rings (SSSR count). The minimum atomic E-state index is -0.738. The maximum atomic E-state index is 14.5. The second-order valence-electron chi connectivity index (χ2n) is 8.76. The maximum absolute atomic E-state index is 14.5. The standard InChI is InChI=1S/C24H23F3N8O3/c1-28-23(36)32-19-10-31-33(2)22(19)18-8-21(17(27)9-29-18)38-16-11-34(12-16)24(37)35-20(3-4-30-35)13-5-14(25)7-15(26)6-13/h4-10,16,20H,3,11-12H2,1-2H3,(H2,28,32,36)/t20-/m0/s1. The summed E-state index contributed by atoms with van der Waals surface area (Å²) in [5.41, 5.74) is 1.43. The molecule has 38 heavy (non-hydrogen) atoms. The van der Waals surface area contributed by atoms with Gasteiger partial charge in [-0.25, -0.2) is 27.8 Å². The summed E-state index contributed by atoms with van der Waals surface area (Å²) >= 11 is 0. The normalized spacial score (nSPS) is 16.9. The number of likely N-dealkylation sites (tertiary alicyclic amines) is 1. The average Bonchev–Trinajstić information content (AvgIpc) is 3.48. The molecule has 0 aliphatic carbocycles. The Morgan fingerprint density at radius 3 is 2.53 bits per heavy atom.